The number of amides is 2. The summed E-state index contributed by atoms with van der Waals surface area (Å²) in [6.45, 7) is 0.0911. The van der Waals surface area contributed by atoms with Crippen LogP contribution in [0.1, 0.15) is 25.7 Å². The highest BCUT2D eigenvalue weighted by molar-refractivity contribution is 7.18. The molecule has 0 saturated carbocycles. The number of hydrogen-bond donors (Lipinski definition) is 0. The molecule has 0 spiro atoms. The third kappa shape index (κ3) is 4.25. The van der Waals surface area contributed by atoms with E-state index in [0.717, 1.165) is 0 Å². The first kappa shape index (κ1) is 14.3. The van der Waals surface area contributed by atoms with Crippen molar-refractivity contribution in [1.29, 1.82) is 0 Å². The average molecular weight is 273 g/mol. The molecule has 1 saturated heterocycles. The van der Waals surface area contributed by atoms with Crippen molar-refractivity contribution in [2.45, 2.75) is 25.7 Å². The van der Waals surface area contributed by atoms with Crippen molar-refractivity contribution in [3.05, 3.63) is 0 Å². The average Bonchev–Trinajstić information content (AvgIpc) is 2.65. The fraction of sp³-hybridized carbons (Fsp3) is 0.500. The Bertz CT molecular complexity index is 378. The Morgan fingerprint density at radius 1 is 1.17 bits per heavy atom. The molecule has 0 unspecified atom stereocenters. The first-order chi connectivity index (χ1) is 8.54. The van der Waals surface area contributed by atoms with Crippen LogP contribution < -0.4 is 0 Å². The van der Waals surface area contributed by atoms with Crippen molar-refractivity contribution < 1.29 is 28.8 Å². The van der Waals surface area contributed by atoms with Crippen molar-refractivity contribution in [1.82, 2.24) is 5.06 Å². The molecule has 0 bridgehead atoms. The minimum atomic E-state index is -0.821. The van der Waals surface area contributed by atoms with Gasteiger partial charge in [0.15, 0.2) is 0 Å². The second kappa shape index (κ2) is 6.86. The van der Waals surface area contributed by atoms with Crippen LogP contribution in [0.15, 0.2) is 0 Å². The summed E-state index contributed by atoms with van der Waals surface area (Å²) in [5.41, 5.74) is 0. The van der Waals surface area contributed by atoms with Crippen LogP contribution in [0.2, 0.25) is 0 Å². The van der Waals surface area contributed by atoms with Gasteiger partial charge in [0.25, 0.3) is 11.8 Å². The van der Waals surface area contributed by atoms with E-state index < -0.39 is 23.8 Å². The Morgan fingerprint density at radius 3 is 2.28 bits per heavy atom. The molecule has 98 valence electrons. The Hall–Kier alpha value is -1.75. The zero-order chi connectivity index (χ0) is 13.5. The van der Waals surface area contributed by atoms with Crippen LogP contribution >= 0.6 is 8.86 Å². The lowest BCUT2D eigenvalue weighted by molar-refractivity contribution is -0.197. The molecule has 2 amide bonds. The van der Waals surface area contributed by atoms with E-state index in [2.05, 4.69) is 18.4 Å². The second-order valence-electron chi connectivity index (χ2n) is 3.43. The summed E-state index contributed by atoms with van der Waals surface area (Å²) >= 11 is 0. The molecule has 0 aromatic rings. The van der Waals surface area contributed by atoms with Crippen molar-refractivity contribution in [3.8, 4) is 0 Å². The van der Waals surface area contributed by atoms with E-state index in [-0.39, 0.29) is 32.3 Å². The standard InChI is InChI=1S/C10H12NO6P/c12-7-1-2-8(13)11(7)17-10(15)4-3-9(14)16-5-6-18/h6,18H,1-5H2. The zero-order valence-corrected chi connectivity index (χ0v) is 10.5. The van der Waals surface area contributed by atoms with Gasteiger partial charge in [-0.2, -0.15) is 0 Å². The summed E-state index contributed by atoms with van der Waals surface area (Å²) in [6, 6.07) is 0. The molecule has 0 atom stereocenters. The summed E-state index contributed by atoms with van der Waals surface area (Å²) in [5.74, 6) is -1.04. The normalized spacial score (nSPS) is 14.6. The van der Waals surface area contributed by atoms with Gasteiger partial charge in [0.2, 0.25) is 0 Å². The van der Waals surface area contributed by atoms with Crippen LogP contribution in [0.5, 0.6) is 0 Å². The van der Waals surface area contributed by atoms with Crippen molar-refractivity contribution in [2.24, 2.45) is 0 Å². The van der Waals surface area contributed by atoms with Crippen LogP contribution in [-0.4, -0.2) is 41.2 Å². The molecule has 18 heavy (non-hydrogen) atoms. The van der Waals surface area contributed by atoms with E-state index in [1.54, 1.807) is 0 Å². The Labute approximate surface area is 105 Å². The molecule has 1 aliphatic heterocycles. The monoisotopic (exact) mass is 273 g/mol. The van der Waals surface area contributed by atoms with Gasteiger partial charge in [0.1, 0.15) is 6.61 Å². The van der Waals surface area contributed by atoms with Gasteiger partial charge >= 0.3 is 11.9 Å². The number of carbonyl (C=O) groups is 4. The van der Waals surface area contributed by atoms with Crippen LogP contribution in [0.3, 0.4) is 0 Å². The van der Waals surface area contributed by atoms with Crippen LogP contribution in [-0.2, 0) is 28.8 Å². The summed E-state index contributed by atoms with van der Waals surface area (Å²) in [7, 11) is 3.00. The van der Waals surface area contributed by atoms with Gasteiger partial charge in [-0.3, -0.25) is 14.4 Å². The maximum Gasteiger partial charge on any atom is 0.333 e. The highest BCUT2D eigenvalue weighted by atomic mass is 31.0. The van der Waals surface area contributed by atoms with Gasteiger partial charge in [-0.25, -0.2) is 4.79 Å². The predicted molar refractivity (Wildman–Crippen MR) is 61.8 cm³/mol. The third-order valence-corrected chi connectivity index (χ3v) is 2.23. The van der Waals surface area contributed by atoms with Crippen LogP contribution in [0.4, 0.5) is 0 Å². The molecule has 1 rings (SSSR count). The number of esters is 1. The highest BCUT2D eigenvalue weighted by Crippen LogP contribution is 2.12. The molecular formula is C10H12NO6P. The molecule has 8 heteroatoms. The third-order valence-electron chi connectivity index (χ3n) is 2.06. The number of ether oxygens (including phenoxy) is 1. The molecular weight excluding hydrogens is 261 g/mol. The lowest BCUT2D eigenvalue weighted by atomic mass is 10.3. The Balaban J connectivity index is 2.29. The summed E-state index contributed by atoms with van der Waals surface area (Å²) in [6.07, 6.45) is -0.350. The molecule has 0 aliphatic carbocycles. The van der Waals surface area contributed by atoms with Gasteiger partial charge in [-0.05, 0) is 5.80 Å². The number of hydrogen-bond acceptors (Lipinski definition) is 6. The van der Waals surface area contributed by atoms with Gasteiger partial charge in [0.05, 0.1) is 12.8 Å². The number of rotatable bonds is 6. The minimum absolute atomic E-state index is 0.0368. The molecule has 0 aromatic heterocycles. The summed E-state index contributed by atoms with van der Waals surface area (Å²) in [5, 5.41) is 0.444. The van der Waals surface area contributed by atoms with Crippen molar-refractivity contribution in [3.63, 3.8) is 0 Å². The summed E-state index contributed by atoms with van der Waals surface area (Å²) < 4.78 is 4.66. The van der Waals surface area contributed by atoms with Crippen molar-refractivity contribution in [2.75, 3.05) is 6.61 Å². The van der Waals surface area contributed by atoms with E-state index >= 15 is 0 Å². The first-order valence-electron chi connectivity index (χ1n) is 5.25. The number of carbonyl (C=O) groups excluding carboxylic acids is 4. The first-order valence-corrected chi connectivity index (χ1v) is 5.83. The van der Waals surface area contributed by atoms with E-state index in [1.165, 1.54) is 5.80 Å². The fourth-order valence-electron chi connectivity index (χ4n) is 1.22. The number of hydroxylamine groups is 2. The van der Waals surface area contributed by atoms with E-state index in [9.17, 15) is 19.2 Å². The van der Waals surface area contributed by atoms with Crippen LogP contribution in [0.25, 0.3) is 0 Å². The minimum Gasteiger partial charge on any atom is -0.461 e. The molecule has 1 aliphatic rings. The maximum absolute atomic E-state index is 11.3. The smallest absolute Gasteiger partial charge is 0.333 e. The predicted octanol–water partition coefficient (Wildman–Crippen LogP) is -0.138. The van der Waals surface area contributed by atoms with E-state index in [4.69, 9.17) is 0 Å². The van der Waals surface area contributed by atoms with Gasteiger partial charge < -0.3 is 9.57 Å². The molecule has 0 aromatic carbocycles. The lowest BCUT2D eigenvalue weighted by Gasteiger charge is -2.12. The summed E-state index contributed by atoms with van der Waals surface area (Å²) in [4.78, 5) is 49.1. The molecule has 1 heterocycles. The van der Waals surface area contributed by atoms with Gasteiger partial charge in [0, 0.05) is 12.8 Å². The van der Waals surface area contributed by atoms with Gasteiger partial charge in [-0.1, -0.05) is 0 Å². The maximum atomic E-state index is 11.3. The Kier molecular flexibility index (Phi) is 5.45. The van der Waals surface area contributed by atoms with Crippen LogP contribution in [0, 0.1) is 0 Å². The number of nitrogens with zero attached hydrogens (tertiary/aromatic N) is 1. The SMILES string of the molecule is O=C(CCC(=O)ON1C(=O)CCC1=O)OCC=P. The fourth-order valence-corrected chi connectivity index (χ4v) is 1.30. The molecule has 1 fully saturated rings. The molecule has 0 N–H and O–H groups in total. The highest BCUT2D eigenvalue weighted by Gasteiger charge is 2.32. The number of imide groups is 1. The van der Waals surface area contributed by atoms with Crippen molar-refractivity contribution >= 4 is 38.4 Å². The van der Waals surface area contributed by atoms with Gasteiger partial charge in [-0.15, -0.1) is 13.9 Å². The zero-order valence-electron chi connectivity index (χ0n) is 9.51. The topological polar surface area (TPSA) is 90.0 Å². The largest absolute Gasteiger partial charge is 0.461 e. The molecule has 0 radical (unpaired) electrons. The lowest BCUT2D eigenvalue weighted by Crippen LogP contribution is -2.32. The van der Waals surface area contributed by atoms with E-state index in [0.29, 0.717) is 5.06 Å². The molecule has 7 nitrogen and oxygen atoms in total. The second-order valence-corrected chi connectivity index (χ2v) is 3.84. The Morgan fingerprint density at radius 2 is 1.72 bits per heavy atom. The van der Waals surface area contributed by atoms with E-state index in [1.807, 2.05) is 0 Å². The quantitative estimate of drug-likeness (QED) is 0.380.